The zero-order valence-electron chi connectivity index (χ0n) is 26.0. The number of rotatable bonds is 1. The third-order valence-corrected chi connectivity index (χ3v) is 11.3. The van der Waals surface area contributed by atoms with Crippen LogP contribution < -0.4 is 0 Å². The molecule has 0 aliphatic heterocycles. The van der Waals surface area contributed by atoms with Gasteiger partial charge < -0.3 is 0 Å². The van der Waals surface area contributed by atoms with Crippen LogP contribution in [0.5, 0.6) is 0 Å². The van der Waals surface area contributed by atoms with E-state index in [-0.39, 0.29) is 0 Å². The largest absolute Gasteiger partial charge is 0.0622 e. The minimum absolute atomic E-state index is 1.26. The normalized spacial score (nSPS) is 12.6. The second-order valence-electron chi connectivity index (χ2n) is 13.6. The Hall–Kier alpha value is -6.24. The predicted molar refractivity (Wildman–Crippen MR) is 206 cm³/mol. The van der Waals surface area contributed by atoms with E-state index in [1.165, 1.54) is 120 Å². The summed E-state index contributed by atoms with van der Waals surface area (Å²) in [5.74, 6) is 0. The van der Waals surface area contributed by atoms with Crippen LogP contribution >= 0.6 is 0 Å². The van der Waals surface area contributed by atoms with Gasteiger partial charge in [-0.05, 0) is 151 Å². The van der Waals surface area contributed by atoms with Gasteiger partial charge in [0, 0.05) is 0 Å². The van der Waals surface area contributed by atoms with Crippen LogP contribution in [-0.2, 0) is 0 Å². The lowest BCUT2D eigenvalue weighted by molar-refractivity contribution is 1.65. The standard InChI is InChI=1S/C48H26/c1-2-8-27(9-3-1)33-19-16-28-11-6-13-37-43-26-40-31(24-45(43)48(33)46(28)37)18-21-34-35(40)20-17-30-22-41-42(25-39(30)34)38-15-7-14-36-32-12-5-4-10-29(32)23-44(41)47(36)38/h1-26H. The first-order chi connectivity index (χ1) is 23.8. The van der Waals surface area contributed by atoms with E-state index in [9.17, 15) is 0 Å². The molecule has 48 heavy (non-hydrogen) atoms. The number of hydrogen-bond donors (Lipinski definition) is 0. The van der Waals surface area contributed by atoms with Crippen molar-refractivity contribution < 1.29 is 0 Å². The number of fused-ring (bicyclic) bond motifs is 13. The van der Waals surface area contributed by atoms with Crippen LogP contribution in [0.25, 0.3) is 120 Å². The number of benzene rings is 10. The summed E-state index contributed by atoms with van der Waals surface area (Å²) in [7, 11) is 0. The van der Waals surface area contributed by atoms with Crippen LogP contribution in [-0.4, -0.2) is 0 Å². The molecular weight excluding hydrogens is 577 g/mol. The lowest BCUT2D eigenvalue weighted by Crippen LogP contribution is -1.86. The highest BCUT2D eigenvalue weighted by Gasteiger charge is 2.27. The molecule has 0 bridgehead atoms. The average molecular weight is 603 g/mol. The van der Waals surface area contributed by atoms with Crippen molar-refractivity contribution in [1.29, 1.82) is 0 Å². The fraction of sp³-hybridized carbons (Fsp3) is 0. The fourth-order valence-corrected chi connectivity index (χ4v) is 9.19. The first-order valence-corrected chi connectivity index (χ1v) is 16.8. The lowest BCUT2D eigenvalue weighted by atomic mass is 9.90. The van der Waals surface area contributed by atoms with Crippen LogP contribution in [0, 0.1) is 0 Å². The van der Waals surface area contributed by atoms with E-state index in [0.717, 1.165) is 0 Å². The molecule has 10 aromatic carbocycles. The molecule has 12 rings (SSSR count). The average Bonchev–Trinajstić information content (AvgIpc) is 3.64. The van der Waals surface area contributed by atoms with E-state index in [0.29, 0.717) is 0 Å². The van der Waals surface area contributed by atoms with E-state index >= 15 is 0 Å². The Morgan fingerprint density at radius 1 is 0.229 bits per heavy atom. The second-order valence-corrected chi connectivity index (χ2v) is 13.6. The molecule has 10 aromatic rings. The molecule has 218 valence electrons. The van der Waals surface area contributed by atoms with Gasteiger partial charge >= 0.3 is 0 Å². The molecule has 0 saturated carbocycles. The first-order valence-electron chi connectivity index (χ1n) is 16.8. The number of hydrogen-bond acceptors (Lipinski definition) is 0. The van der Waals surface area contributed by atoms with Gasteiger partial charge in [-0.2, -0.15) is 0 Å². The molecule has 0 saturated heterocycles. The maximum Gasteiger partial charge on any atom is -0.00141 e. The highest BCUT2D eigenvalue weighted by atomic mass is 14.3. The van der Waals surface area contributed by atoms with Gasteiger partial charge in [0.2, 0.25) is 0 Å². The molecule has 0 atom stereocenters. The van der Waals surface area contributed by atoms with Crippen molar-refractivity contribution in [1.82, 2.24) is 0 Å². The molecule has 0 aromatic heterocycles. The molecule has 0 heterocycles. The maximum absolute atomic E-state index is 2.47. The zero-order valence-corrected chi connectivity index (χ0v) is 26.0. The van der Waals surface area contributed by atoms with Crippen molar-refractivity contribution in [2.45, 2.75) is 0 Å². The first kappa shape index (κ1) is 24.9. The Balaban J connectivity index is 1.12. The predicted octanol–water partition coefficient (Wildman–Crippen LogP) is 13.6. The van der Waals surface area contributed by atoms with Crippen molar-refractivity contribution in [2.24, 2.45) is 0 Å². The highest BCUT2D eigenvalue weighted by molar-refractivity contribution is 6.28. The van der Waals surface area contributed by atoms with E-state index in [1.54, 1.807) is 0 Å². The van der Waals surface area contributed by atoms with Crippen LogP contribution in [0.4, 0.5) is 0 Å². The second kappa shape index (κ2) is 8.76. The summed E-state index contributed by atoms with van der Waals surface area (Å²) in [5, 5.41) is 15.9. The molecule has 0 spiro atoms. The van der Waals surface area contributed by atoms with Crippen LogP contribution in [0.1, 0.15) is 0 Å². The topological polar surface area (TPSA) is 0 Å². The minimum Gasteiger partial charge on any atom is -0.0622 e. The summed E-state index contributed by atoms with van der Waals surface area (Å²) in [6, 6.07) is 59.5. The molecule has 0 radical (unpaired) electrons. The summed E-state index contributed by atoms with van der Waals surface area (Å²) < 4.78 is 0. The summed E-state index contributed by atoms with van der Waals surface area (Å²) in [6.45, 7) is 0. The van der Waals surface area contributed by atoms with Gasteiger partial charge in [0.05, 0.1) is 0 Å². The van der Waals surface area contributed by atoms with E-state index in [4.69, 9.17) is 0 Å². The molecule has 0 nitrogen and oxygen atoms in total. The van der Waals surface area contributed by atoms with Crippen molar-refractivity contribution in [3.63, 3.8) is 0 Å². The van der Waals surface area contributed by atoms with E-state index in [1.807, 2.05) is 0 Å². The fourth-order valence-electron chi connectivity index (χ4n) is 9.19. The van der Waals surface area contributed by atoms with Crippen LogP contribution in [0.15, 0.2) is 158 Å². The molecule has 0 heteroatoms. The highest BCUT2D eigenvalue weighted by Crippen LogP contribution is 2.54. The zero-order chi connectivity index (χ0) is 31.1. The van der Waals surface area contributed by atoms with Gasteiger partial charge in [0.1, 0.15) is 0 Å². The quantitative estimate of drug-likeness (QED) is 0.164. The summed E-state index contributed by atoms with van der Waals surface area (Å²) in [5.41, 5.74) is 13.3. The Labute approximate surface area is 277 Å². The van der Waals surface area contributed by atoms with E-state index < -0.39 is 0 Å². The lowest BCUT2D eigenvalue weighted by Gasteiger charge is -2.13. The van der Waals surface area contributed by atoms with Gasteiger partial charge in [-0.15, -0.1) is 0 Å². The van der Waals surface area contributed by atoms with Gasteiger partial charge in [-0.3, -0.25) is 0 Å². The van der Waals surface area contributed by atoms with Crippen molar-refractivity contribution in [3.8, 4) is 55.6 Å². The molecule has 0 N–H and O–H groups in total. The monoisotopic (exact) mass is 602 g/mol. The van der Waals surface area contributed by atoms with Gasteiger partial charge in [-0.25, -0.2) is 0 Å². The Bertz CT molecular complexity index is 3090. The minimum atomic E-state index is 1.26. The van der Waals surface area contributed by atoms with Crippen LogP contribution in [0.2, 0.25) is 0 Å². The van der Waals surface area contributed by atoms with Gasteiger partial charge in [0.25, 0.3) is 0 Å². The van der Waals surface area contributed by atoms with Gasteiger partial charge in [-0.1, -0.05) is 127 Å². The molecule has 0 unspecified atom stereocenters. The Kier molecular flexibility index (Phi) is 4.55. The van der Waals surface area contributed by atoms with Crippen molar-refractivity contribution in [2.75, 3.05) is 0 Å². The molecule has 2 aliphatic rings. The summed E-state index contributed by atoms with van der Waals surface area (Å²) >= 11 is 0. The smallest absolute Gasteiger partial charge is 0.00141 e. The SMILES string of the molecule is c1ccc(-c2ccc3cccc4c3c2-c2cc3ccc5c6cc7c(cc6ccc5c3cc2-4)-c2cc3ccccc3c3cccc-7c23)cc1. The summed E-state index contributed by atoms with van der Waals surface area (Å²) in [6.07, 6.45) is 0. The maximum atomic E-state index is 2.47. The molecule has 0 amide bonds. The van der Waals surface area contributed by atoms with E-state index in [2.05, 4.69) is 158 Å². The van der Waals surface area contributed by atoms with Crippen molar-refractivity contribution in [3.05, 3.63) is 158 Å². The molecule has 0 fully saturated rings. The Morgan fingerprint density at radius 3 is 1.60 bits per heavy atom. The van der Waals surface area contributed by atoms with Crippen LogP contribution in [0.3, 0.4) is 0 Å². The third kappa shape index (κ3) is 3.06. The summed E-state index contributed by atoms with van der Waals surface area (Å²) in [4.78, 5) is 0. The van der Waals surface area contributed by atoms with Gasteiger partial charge in [0.15, 0.2) is 0 Å². The molecule has 2 aliphatic carbocycles. The molecular formula is C48H26. The van der Waals surface area contributed by atoms with Crippen molar-refractivity contribution >= 4 is 64.6 Å². The third-order valence-electron chi connectivity index (χ3n) is 11.3. The Morgan fingerprint density at radius 2 is 0.792 bits per heavy atom.